The van der Waals surface area contributed by atoms with E-state index in [0.717, 1.165) is 31.2 Å². The molecule has 2 aliphatic rings. The first-order valence-electron chi connectivity index (χ1n) is 9.73. The summed E-state index contributed by atoms with van der Waals surface area (Å²) < 4.78 is 41.2. The van der Waals surface area contributed by atoms with Crippen LogP contribution in [0, 0.1) is 6.92 Å². The zero-order valence-corrected chi connectivity index (χ0v) is 16.4. The molecule has 4 atom stereocenters. The highest BCUT2D eigenvalue weighted by Gasteiger charge is 2.39. The molecule has 4 nitrogen and oxygen atoms in total. The highest BCUT2D eigenvalue weighted by atomic mass is 31.2. The summed E-state index contributed by atoms with van der Waals surface area (Å²) in [5, 5.41) is 0. The Morgan fingerprint density at radius 1 is 0.926 bits per heavy atom. The van der Waals surface area contributed by atoms with E-state index in [1.54, 1.807) is 19.1 Å². The fourth-order valence-electron chi connectivity index (χ4n) is 4.69. The van der Waals surface area contributed by atoms with Crippen molar-refractivity contribution >= 4 is 13.1 Å². The summed E-state index contributed by atoms with van der Waals surface area (Å²) in [6.45, 7) is 1.80. The second kappa shape index (κ2) is 8.10. The van der Waals surface area contributed by atoms with Gasteiger partial charge in [-0.05, 0) is 43.7 Å². The second-order valence-electron chi connectivity index (χ2n) is 7.98. The van der Waals surface area contributed by atoms with Gasteiger partial charge >= 0.3 is 7.60 Å². The van der Waals surface area contributed by atoms with Gasteiger partial charge in [0, 0.05) is 17.4 Å². The Morgan fingerprint density at radius 2 is 1.33 bits per heavy atom. The van der Waals surface area contributed by atoms with E-state index < -0.39 is 37.3 Å². The van der Waals surface area contributed by atoms with Gasteiger partial charge in [-0.25, -0.2) is 8.78 Å². The summed E-state index contributed by atoms with van der Waals surface area (Å²) in [5.41, 5.74) is 0.0329. The summed E-state index contributed by atoms with van der Waals surface area (Å²) in [5.74, 6) is -1.16. The van der Waals surface area contributed by atoms with Gasteiger partial charge in [-0.3, -0.25) is 9.36 Å². The van der Waals surface area contributed by atoms with Crippen LogP contribution in [0.3, 0.4) is 0 Å². The molecule has 0 heterocycles. The van der Waals surface area contributed by atoms with Gasteiger partial charge in [0.15, 0.2) is 0 Å². The molecule has 0 radical (unpaired) electrons. The van der Waals surface area contributed by atoms with Gasteiger partial charge in [0.2, 0.25) is 0 Å². The quantitative estimate of drug-likeness (QED) is 0.672. The zero-order valence-electron chi connectivity index (χ0n) is 15.5. The molecule has 0 aromatic heterocycles. The second-order valence-corrected chi connectivity index (χ2v) is 9.48. The maximum Gasteiger partial charge on any atom is 0.396 e. The number of hydrogen-bond donors (Lipinski definition) is 2. The Hall–Kier alpha value is -1.10. The van der Waals surface area contributed by atoms with E-state index in [2.05, 4.69) is 0 Å². The first-order valence-corrected chi connectivity index (χ1v) is 11.3. The molecule has 1 aromatic rings. The molecule has 2 aliphatic carbocycles. The fraction of sp³-hybridized carbons (Fsp3) is 0.650. The molecule has 0 aliphatic heterocycles. The zero-order chi connectivity index (χ0) is 19.8. The van der Waals surface area contributed by atoms with Crippen molar-refractivity contribution in [3.05, 3.63) is 34.4 Å². The Balaban J connectivity index is 2.20. The largest absolute Gasteiger partial charge is 0.396 e. The molecule has 3 rings (SSSR count). The van der Waals surface area contributed by atoms with E-state index in [1.165, 1.54) is 0 Å². The van der Waals surface area contributed by atoms with Crippen LogP contribution in [-0.2, 0) is 4.57 Å². The van der Waals surface area contributed by atoms with E-state index in [4.69, 9.17) is 0 Å². The standard InChI is InChI=1S/C20H27F2O4P/c1-12-10-15(13-6-2-4-8-17(13)21)19(20(23)27(24,25)26)16(11-12)14-7-3-5-9-18(14)22/h10-11,13-14,17-18H,2-9H2,1H3,(H2,24,25,26). The Morgan fingerprint density at radius 3 is 1.70 bits per heavy atom. The molecule has 0 spiro atoms. The van der Waals surface area contributed by atoms with Crippen LogP contribution in [0.4, 0.5) is 8.78 Å². The number of aryl methyl sites for hydroxylation is 1. The summed E-state index contributed by atoms with van der Waals surface area (Å²) >= 11 is 0. The number of benzene rings is 1. The predicted molar refractivity (Wildman–Crippen MR) is 99.8 cm³/mol. The molecule has 4 unspecified atom stereocenters. The minimum absolute atomic E-state index is 0.127. The van der Waals surface area contributed by atoms with Crippen molar-refractivity contribution in [2.75, 3.05) is 0 Å². The van der Waals surface area contributed by atoms with Crippen LogP contribution in [0.15, 0.2) is 12.1 Å². The van der Waals surface area contributed by atoms with Gasteiger partial charge in [-0.2, -0.15) is 0 Å². The molecule has 7 heteroatoms. The molecule has 0 bridgehead atoms. The fourth-order valence-corrected chi connectivity index (χ4v) is 5.24. The van der Waals surface area contributed by atoms with E-state index >= 15 is 0 Å². The maximum absolute atomic E-state index is 14.7. The van der Waals surface area contributed by atoms with Gasteiger partial charge in [0.05, 0.1) is 0 Å². The number of carbonyl (C=O) groups is 1. The van der Waals surface area contributed by atoms with Gasteiger partial charge in [-0.15, -0.1) is 0 Å². The van der Waals surface area contributed by atoms with Crippen LogP contribution in [0.1, 0.15) is 90.3 Å². The first-order chi connectivity index (χ1) is 12.7. The van der Waals surface area contributed by atoms with Crippen LogP contribution < -0.4 is 0 Å². The number of alkyl halides is 2. The third kappa shape index (κ3) is 4.33. The summed E-state index contributed by atoms with van der Waals surface area (Å²) in [7, 11) is -5.07. The Labute approximate surface area is 158 Å². The van der Waals surface area contributed by atoms with E-state index in [0.29, 0.717) is 36.8 Å². The normalized spacial score (nSPS) is 29.5. The average molecular weight is 400 g/mol. The summed E-state index contributed by atoms with van der Waals surface area (Å²) in [6, 6.07) is 3.32. The van der Waals surface area contributed by atoms with E-state index in [1.807, 2.05) is 0 Å². The van der Waals surface area contributed by atoms with Crippen molar-refractivity contribution in [3.8, 4) is 0 Å². The van der Waals surface area contributed by atoms with Crippen LogP contribution in [0.5, 0.6) is 0 Å². The van der Waals surface area contributed by atoms with Gasteiger partial charge in [0.1, 0.15) is 12.3 Å². The monoisotopic (exact) mass is 400 g/mol. The predicted octanol–water partition coefficient (Wildman–Crippen LogP) is 5.30. The lowest BCUT2D eigenvalue weighted by Crippen LogP contribution is -2.25. The molecule has 1 aromatic carbocycles. The molecular weight excluding hydrogens is 373 g/mol. The van der Waals surface area contributed by atoms with Crippen LogP contribution >= 0.6 is 7.60 Å². The molecule has 2 fully saturated rings. The van der Waals surface area contributed by atoms with Crippen LogP contribution in [0.25, 0.3) is 0 Å². The number of hydrogen-bond acceptors (Lipinski definition) is 2. The van der Waals surface area contributed by atoms with Crippen molar-refractivity contribution in [1.82, 2.24) is 0 Å². The summed E-state index contributed by atoms with van der Waals surface area (Å²) in [6.07, 6.45) is 2.57. The Kier molecular flexibility index (Phi) is 6.19. The minimum atomic E-state index is -5.07. The smallest absolute Gasteiger partial charge is 0.319 e. The maximum atomic E-state index is 14.7. The van der Waals surface area contributed by atoms with E-state index in [9.17, 15) is 27.9 Å². The average Bonchev–Trinajstić information content (AvgIpc) is 2.60. The van der Waals surface area contributed by atoms with Crippen molar-refractivity contribution in [1.29, 1.82) is 0 Å². The third-order valence-corrected chi connectivity index (χ3v) is 6.74. The lowest BCUT2D eigenvalue weighted by molar-refractivity contribution is 0.103. The third-order valence-electron chi connectivity index (χ3n) is 5.98. The van der Waals surface area contributed by atoms with Crippen LogP contribution in [0.2, 0.25) is 0 Å². The highest BCUT2D eigenvalue weighted by Crippen LogP contribution is 2.48. The van der Waals surface area contributed by atoms with Crippen molar-refractivity contribution in [2.24, 2.45) is 0 Å². The van der Waals surface area contributed by atoms with Gasteiger partial charge < -0.3 is 9.79 Å². The molecule has 0 saturated heterocycles. The Bertz CT molecular complexity index is 717. The molecular formula is C20H27F2O4P. The van der Waals surface area contributed by atoms with Crippen LogP contribution in [-0.4, -0.2) is 27.7 Å². The number of rotatable bonds is 4. The van der Waals surface area contributed by atoms with Gasteiger partial charge in [-0.1, -0.05) is 43.4 Å². The highest BCUT2D eigenvalue weighted by molar-refractivity contribution is 7.70. The molecule has 2 saturated carbocycles. The number of halogens is 2. The molecule has 150 valence electrons. The lowest BCUT2D eigenvalue weighted by Gasteiger charge is -2.32. The van der Waals surface area contributed by atoms with Crippen molar-refractivity contribution in [2.45, 2.75) is 82.5 Å². The van der Waals surface area contributed by atoms with Gasteiger partial charge in [0.25, 0.3) is 5.52 Å². The molecule has 27 heavy (non-hydrogen) atoms. The SMILES string of the molecule is Cc1cc(C2CCCCC2F)c(C(=O)P(=O)(O)O)c(C2CCCCC2F)c1. The van der Waals surface area contributed by atoms with Crippen molar-refractivity contribution in [3.63, 3.8) is 0 Å². The minimum Gasteiger partial charge on any atom is -0.319 e. The molecule has 2 N–H and O–H groups in total. The lowest BCUT2D eigenvalue weighted by atomic mass is 9.75. The van der Waals surface area contributed by atoms with E-state index in [-0.39, 0.29) is 5.56 Å². The first kappa shape index (κ1) is 20.6. The molecule has 0 amide bonds. The topological polar surface area (TPSA) is 74.6 Å². The summed E-state index contributed by atoms with van der Waals surface area (Å²) in [4.78, 5) is 31.8. The number of carbonyl (C=O) groups excluding carboxylic acids is 1. The van der Waals surface area contributed by atoms with Crippen molar-refractivity contribution < 1.29 is 27.9 Å².